The first-order valence-electron chi connectivity index (χ1n) is 7.92. The van der Waals surface area contributed by atoms with Gasteiger partial charge < -0.3 is 9.47 Å². The van der Waals surface area contributed by atoms with E-state index in [1.165, 1.54) is 10.7 Å². The van der Waals surface area contributed by atoms with Gasteiger partial charge in [-0.1, -0.05) is 0 Å². The highest BCUT2D eigenvalue weighted by Gasteiger charge is 2.28. The molecule has 0 radical (unpaired) electrons. The molecule has 2 aliphatic rings. The molecular formula is C18H16N4O3. The number of aromatic nitrogens is 3. The lowest BCUT2D eigenvalue weighted by atomic mass is 10.1. The van der Waals surface area contributed by atoms with E-state index in [2.05, 4.69) is 15.1 Å². The van der Waals surface area contributed by atoms with Crippen LogP contribution in [0.5, 0.6) is 0 Å². The maximum atomic E-state index is 11.4. The number of aliphatic imine (C=N–C) groups is 1. The fourth-order valence-electron chi connectivity index (χ4n) is 2.64. The lowest BCUT2D eigenvalue weighted by Gasteiger charge is -2.16. The van der Waals surface area contributed by atoms with Crippen LogP contribution in [0.25, 0.3) is 0 Å². The van der Waals surface area contributed by atoms with Gasteiger partial charge in [-0.15, -0.1) is 0 Å². The lowest BCUT2D eigenvalue weighted by molar-refractivity contribution is 0.192. The largest absolute Gasteiger partial charge is 0.487 e. The van der Waals surface area contributed by atoms with E-state index < -0.39 is 0 Å². The summed E-state index contributed by atoms with van der Waals surface area (Å²) in [6.07, 6.45) is 7.89. The molecule has 0 amide bonds. The molecule has 0 spiro atoms. The van der Waals surface area contributed by atoms with E-state index >= 15 is 0 Å². The van der Waals surface area contributed by atoms with E-state index in [9.17, 15) is 4.79 Å². The second-order valence-corrected chi connectivity index (χ2v) is 5.75. The summed E-state index contributed by atoms with van der Waals surface area (Å²) < 4.78 is 13.0. The first-order chi connectivity index (χ1) is 12.2. The van der Waals surface area contributed by atoms with Gasteiger partial charge in [0, 0.05) is 38.0 Å². The molecule has 0 aromatic carbocycles. The standard InChI is InChI=1S/C18H16N4O3/c1-22-17(23)7-4-13(21-22)11-24-14-5-6-16-15(9-14)20-18(25-16)12-3-2-8-19-10-12/h2-5,7-10,16H,6,11H2,1H3. The molecular weight excluding hydrogens is 320 g/mol. The Kier molecular flexibility index (Phi) is 3.89. The number of hydrogen-bond acceptors (Lipinski definition) is 6. The van der Waals surface area contributed by atoms with Crippen LogP contribution in [0.2, 0.25) is 0 Å². The van der Waals surface area contributed by atoms with Crippen LogP contribution < -0.4 is 5.56 Å². The Morgan fingerprint density at radius 3 is 3.08 bits per heavy atom. The van der Waals surface area contributed by atoms with Crippen molar-refractivity contribution in [1.82, 2.24) is 14.8 Å². The Balaban J connectivity index is 1.46. The topological polar surface area (TPSA) is 78.6 Å². The highest BCUT2D eigenvalue weighted by atomic mass is 16.5. The van der Waals surface area contributed by atoms with Crippen molar-refractivity contribution in [3.05, 3.63) is 81.9 Å². The first-order valence-corrected chi connectivity index (χ1v) is 7.92. The summed E-state index contributed by atoms with van der Waals surface area (Å²) in [6, 6.07) is 6.91. The van der Waals surface area contributed by atoms with Crippen molar-refractivity contribution >= 4 is 5.90 Å². The molecule has 3 heterocycles. The molecule has 0 N–H and O–H groups in total. The fourth-order valence-corrected chi connectivity index (χ4v) is 2.64. The summed E-state index contributed by atoms with van der Waals surface area (Å²) in [5, 5.41) is 4.15. The highest BCUT2D eigenvalue weighted by Crippen LogP contribution is 2.29. The minimum absolute atomic E-state index is 0.0850. The molecule has 1 atom stereocenters. The summed E-state index contributed by atoms with van der Waals surface area (Å²) in [5.41, 5.74) is 2.23. The molecule has 4 rings (SSSR count). The summed E-state index contributed by atoms with van der Waals surface area (Å²) in [5.74, 6) is 1.31. The monoisotopic (exact) mass is 336 g/mol. The van der Waals surface area contributed by atoms with E-state index in [0.717, 1.165) is 17.0 Å². The Morgan fingerprint density at radius 2 is 2.28 bits per heavy atom. The van der Waals surface area contributed by atoms with Crippen molar-refractivity contribution < 1.29 is 9.47 Å². The molecule has 1 aliphatic heterocycles. The molecule has 2 aromatic rings. The maximum Gasteiger partial charge on any atom is 0.266 e. The van der Waals surface area contributed by atoms with Crippen LogP contribution in [0.1, 0.15) is 17.7 Å². The number of fused-ring (bicyclic) bond motifs is 1. The summed E-state index contributed by atoms with van der Waals surface area (Å²) in [7, 11) is 1.61. The summed E-state index contributed by atoms with van der Waals surface area (Å²) in [4.78, 5) is 20.0. The fraction of sp³-hybridized carbons (Fsp3) is 0.222. The van der Waals surface area contributed by atoms with E-state index in [0.29, 0.717) is 18.0 Å². The smallest absolute Gasteiger partial charge is 0.266 e. The molecule has 0 saturated carbocycles. The molecule has 0 saturated heterocycles. The third-order valence-electron chi connectivity index (χ3n) is 3.95. The van der Waals surface area contributed by atoms with E-state index in [4.69, 9.17) is 9.47 Å². The van der Waals surface area contributed by atoms with Crippen molar-refractivity contribution in [2.24, 2.45) is 12.0 Å². The molecule has 2 aromatic heterocycles. The quantitative estimate of drug-likeness (QED) is 0.849. The third-order valence-corrected chi connectivity index (χ3v) is 3.95. The lowest BCUT2D eigenvalue weighted by Crippen LogP contribution is -2.19. The molecule has 126 valence electrons. The van der Waals surface area contributed by atoms with E-state index in [1.54, 1.807) is 25.5 Å². The number of nitrogens with zero attached hydrogens (tertiary/aromatic N) is 4. The van der Waals surface area contributed by atoms with Crippen LogP contribution in [-0.4, -0.2) is 26.8 Å². The van der Waals surface area contributed by atoms with Crippen LogP contribution in [-0.2, 0) is 23.1 Å². The maximum absolute atomic E-state index is 11.4. The second-order valence-electron chi connectivity index (χ2n) is 5.75. The third kappa shape index (κ3) is 3.21. The van der Waals surface area contributed by atoms with Crippen molar-refractivity contribution in [2.75, 3.05) is 0 Å². The second kappa shape index (κ2) is 6.35. The van der Waals surface area contributed by atoms with E-state index in [-0.39, 0.29) is 18.3 Å². The minimum atomic E-state index is -0.147. The normalized spacial score (nSPS) is 18.6. The molecule has 7 nitrogen and oxygen atoms in total. The number of rotatable bonds is 4. The van der Waals surface area contributed by atoms with Gasteiger partial charge in [0.1, 0.15) is 18.5 Å². The zero-order valence-corrected chi connectivity index (χ0v) is 13.6. The van der Waals surface area contributed by atoms with Crippen molar-refractivity contribution in [3.63, 3.8) is 0 Å². The average Bonchev–Trinajstić information content (AvgIpc) is 3.07. The van der Waals surface area contributed by atoms with Crippen LogP contribution in [0.15, 0.2) is 70.1 Å². The molecule has 0 bridgehead atoms. The molecule has 1 aliphatic carbocycles. The Morgan fingerprint density at radius 1 is 1.36 bits per heavy atom. The van der Waals surface area contributed by atoms with Crippen molar-refractivity contribution in [2.45, 2.75) is 19.1 Å². The van der Waals surface area contributed by atoms with Crippen LogP contribution >= 0.6 is 0 Å². The van der Waals surface area contributed by atoms with Gasteiger partial charge >= 0.3 is 0 Å². The van der Waals surface area contributed by atoms with Gasteiger partial charge in [0.05, 0.1) is 17.0 Å². The van der Waals surface area contributed by atoms with Crippen molar-refractivity contribution in [1.29, 1.82) is 0 Å². The van der Waals surface area contributed by atoms with Gasteiger partial charge in [0.25, 0.3) is 5.56 Å². The predicted octanol–water partition coefficient (Wildman–Crippen LogP) is 1.71. The summed E-state index contributed by atoms with van der Waals surface area (Å²) >= 11 is 0. The van der Waals surface area contributed by atoms with Gasteiger partial charge in [-0.05, 0) is 24.3 Å². The number of ether oxygens (including phenoxy) is 2. The van der Waals surface area contributed by atoms with Gasteiger partial charge in [0.2, 0.25) is 5.90 Å². The Hall–Kier alpha value is -3.22. The molecule has 7 heteroatoms. The van der Waals surface area contributed by atoms with Gasteiger partial charge in [-0.3, -0.25) is 9.78 Å². The van der Waals surface area contributed by atoms with Crippen LogP contribution in [0.3, 0.4) is 0 Å². The molecule has 0 fully saturated rings. The van der Waals surface area contributed by atoms with Crippen LogP contribution in [0, 0.1) is 0 Å². The first kappa shape index (κ1) is 15.3. The zero-order valence-electron chi connectivity index (χ0n) is 13.6. The predicted molar refractivity (Wildman–Crippen MR) is 90.7 cm³/mol. The number of aryl methyl sites for hydroxylation is 1. The van der Waals surface area contributed by atoms with Crippen LogP contribution in [0.4, 0.5) is 0 Å². The average molecular weight is 336 g/mol. The molecule has 25 heavy (non-hydrogen) atoms. The van der Waals surface area contributed by atoms with Gasteiger partial charge in [-0.25, -0.2) is 9.67 Å². The van der Waals surface area contributed by atoms with Gasteiger partial charge in [0.15, 0.2) is 0 Å². The number of pyridine rings is 1. The number of hydrogen-bond donors (Lipinski definition) is 0. The SMILES string of the molecule is Cn1nc(COC2=CCC3OC(c4cccnc4)=NC3=C2)ccc1=O. The Labute approximate surface area is 144 Å². The zero-order chi connectivity index (χ0) is 17.2. The summed E-state index contributed by atoms with van der Waals surface area (Å²) in [6.45, 7) is 0.286. The molecule has 1 unspecified atom stereocenters. The number of allylic oxidation sites excluding steroid dienone is 1. The van der Waals surface area contributed by atoms with Gasteiger partial charge in [-0.2, -0.15) is 5.10 Å². The highest BCUT2D eigenvalue weighted by molar-refractivity contribution is 5.96. The Bertz CT molecular complexity index is 944. The van der Waals surface area contributed by atoms with Crippen molar-refractivity contribution in [3.8, 4) is 0 Å². The minimum Gasteiger partial charge on any atom is -0.487 e. The van der Waals surface area contributed by atoms with E-state index in [1.807, 2.05) is 24.3 Å².